The molecule has 0 bridgehead atoms. The van der Waals surface area contributed by atoms with Crippen molar-refractivity contribution in [2.24, 2.45) is 0 Å². The molecule has 0 atom stereocenters. The number of tetrazole rings is 1. The largest absolute Gasteiger partial charge is 0.497 e. The maximum Gasteiger partial charge on any atom is 0.242 e. The first-order valence-electron chi connectivity index (χ1n) is 6.94. The lowest BCUT2D eigenvalue weighted by molar-refractivity contribution is -0.122. The second kappa shape index (κ2) is 7.01. The average molecular weight is 329 g/mol. The van der Waals surface area contributed by atoms with E-state index < -0.39 is 0 Å². The molecule has 0 spiro atoms. The molecule has 0 aliphatic heterocycles. The summed E-state index contributed by atoms with van der Waals surface area (Å²) in [7, 11) is 1.65. The van der Waals surface area contributed by atoms with Gasteiger partial charge in [0, 0.05) is 4.88 Å². The molecule has 1 aromatic carbocycles. The first-order valence-corrected chi connectivity index (χ1v) is 7.82. The topological polar surface area (TPSA) is 81.9 Å². The van der Waals surface area contributed by atoms with Gasteiger partial charge in [0.1, 0.15) is 18.6 Å². The van der Waals surface area contributed by atoms with E-state index in [4.69, 9.17) is 4.74 Å². The van der Waals surface area contributed by atoms with Gasteiger partial charge in [0.05, 0.1) is 13.7 Å². The number of ether oxygens (including phenoxy) is 1. The normalized spacial score (nSPS) is 10.5. The minimum Gasteiger partial charge on any atom is -0.497 e. The van der Waals surface area contributed by atoms with E-state index >= 15 is 0 Å². The van der Waals surface area contributed by atoms with Crippen LogP contribution in [0, 0.1) is 0 Å². The van der Waals surface area contributed by atoms with E-state index in [-0.39, 0.29) is 12.5 Å². The number of hydrogen-bond acceptors (Lipinski definition) is 6. The van der Waals surface area contributed by atoms with E-state index in [0.717, 1.165) is 21.8 Å². The van der Waals surface area contributed by atoms with Crippen LogP contribution in [0.25, 0.3) is 11.1 Å². The monoisotopic (exact) mass is 329 g/mol. The van der Waals surface area contributed by atoms with Crippen LogP contribution in [0.5, 0.6) is 5.75 Å². The molecule has 8 heteroatoms. The zero-order chi connectivity index (χ0) is 16.1. The Bertz CT molecular complexity index is 768. The molecule has 0 saturated carbocycles. The molecule has 0 unspecified atom stereocenters. The molecule has 118 valence electrons. The molecule has 3 aromatic rings. The SMILES string of the molecule is COc1ccc(-c2csc(CNC(=O)Cn3cnnn3)c2)cc1. The number of hydrogen-bond donors (Lipinski definition) is 1. The quantitative estimate of drug-likeness (QED) is 0.745. The molecule has 0 aliphatic rings. The Morgan fingerprint density at radius 2 is 2.13 bits per heavy atom. The van der Waals surface area contributed by atoms with Gasteiger partial charge in [-0.15, -0.1) is 16.4 Å². The molecule has 0 saturated heterocycles. The fourth-order valence-corrected chi connectivity index (χ4v) is 2.88. The Kier molecular flexibility index (Phi) is 4.62. The van der Waals surface area contributed by atoms with Gasteiger partial charge in [-0.25, -0.2) is 4.68 Å². The molecule has 23 heavy (non-hydrogen) atoms. The summed E-state index contributed by atoms with van der Waals surface area (Å²) in [5.74, 6) is 0.704. The summed E-state index contributed by atoms with van der Waals surface area (Å²) in [6.45, 7) is 0.603. The number of aromatic nitrogens is 4. The summed E-state index contributed by atoms with van der Waals surface area (Å²) in [6.07, 6.45) is 1.41. The third-order valence-corrected chi connectivity index (χ3v) is 4.17. The zero-order valence-corrected chi connectivity index (χ0v) is 13.3. The molecule has 1 amide bonds. The summed E-state index contributed by atoms with van der Waals surface area (Å²) in [4.78, 5) is 12.9. The predicted octanol–water partition coefficient (Wildman–Crippen LogP) is 1.73. The van der Waals surface area contributed by atoms with Crippen LogP contribution in [-0.2, 0) is 17.9 Å². The zero-order valence-electron chi connectivity index (χ0n) is 12.5. The minimum atomic E-state index is -0.128. The van der Waals surface area contributed by atoms with Crippen molar-refractivity contribution in [3.8, 4) is 16.9 Å². The van der Waals surface area contributed by atoms with Crippen molar-refractivity contribution >= 4 is 17.2 Å². The number of nitrogens with zero attached hydrogens (tertiary/aromatic N) is 4. The van der Waals surface area contributed by atoms with Crippen LogP contribution in [0.2, 0.25) is 0 Å². The van der Waals surface area contributed by atoms with Crippen molar-refractivity contribution in [2.75, 3.05) is 7.11 Å². The van der Waals surface area contributed by atoms with Gasteiger partial charge in [0.2, 0.25) is 5.91 Å². The summed E-state index contributed by atoms with van der Waals surface area (Å²) >= 11 is 1.61. The molecule has 0 radical (unpaired) electrons. The van der Waals surface area contributed by atoms with Gasteiger partial charge >= 0.3 is 0 Å². The lowest BCUT2D eigenvalue weighted by Crippen LogP contribution is -2.27. The van der Waals surface area contributed by atoms with Crippen LogP contribution in [0.1, 0.15) is 4.88 Å². The molecule has 7 nitrogen and oxygen atoms in total. The lowest BCUT2D eigenvalue weighted by atomic mass is 10.1. The highest BCUT2D eigenvalue weighted by Crippen LogP contribution is 2.27. The number of carbonyl (C=O) groups excluding carboxylic acids is 1. The number of rotatable bonds is 6. The summed E-state index contributed by atoms with van der Waals surface area (Å²) in [5, 5.41) is 15.6. The Hall–Kier alpha value is -2.74. The first kappa shape index (κ1) is 15.2. The lowest BCUT2D eigenvalue weighted by Gasteiger charge is -2.03. The minimum absolute atomic E-state index is 0.115. The van der Waals surface area contributed by atoms with Gasteiger partial charge in [-0.2, -0.15) is 0 Å². The van der Waals surface area contributed by atoms with Crippen LogP contribution in [0.4, 0.5) is 0 Å². The smallest absolute Gasteiger partial charge is 0.242 e. The van der Waals surface area contributed by atoms with Crippen molar-refractivity contribution in [1.82, 2.24) is 25.5 Å². The third kappa shape index (κ3) is 3.92. The van der Waals surface area contributed by atoms with Crippen molar-refractivity contribution in [3.05, 3.63) is 46.9 Å². The van der Waals surface area contributed by atoms with Gasteiger partial charge < -0.3 is 10.1 Å². The maximum atomic E-state index is 11.8. The Labute approximate surface area is 136 Å². The van der Waals surface area contributed by atoms with Crippen LogP contribution in [0.15, 0.2) is 42.0 Å². The highest BCUT2D eigenvalue weighted by molar-refractivity contribution is 7.10. The summed E-state index contributed by atoms with van der Waals surface area (Å²) in [6, 6.07) is 9.97. The molecule has 1 N–H and O–H groups in total. The van der Waals surface area contributed by atoms with Gasteiger partial charge in [-0.1, -0.05) is 12.1 Å². The number of benzene rings is 1. The highest BCUT2D eigenvalue weighted by Gasteiger charge is 2.06. The summed E-state index contributed by atoms with van der Waals surface area (Å²) in [5.41, 5.74) is 2.25. The number of carbonyl (C=O) groups is 1. The van der Waals surface area contributed by atoms with E-state index in [2.05, 4.69) is 32.3 Å². The molecule has 3 rings (SSSR count). The van der Waals surface area contributed by atoms with Crippen molar-refractivity contribution in [2.45, 2.75) is 13.1 Å². The van der Waals surface area contributed by atoms with Crippen LogP contribution in [-0.4, -0.2) is 33.2 Å². The molecular weight excluding hydrogens is 314 g/mol. The molecule has 0 fully saturated rings. The van der Waals surface area contributed by atoms with Crippen molar-refractivity contribution < 1.29 is 9.53 Å². The van der Waals surface area contributed by atoms with Gasteiger partial charge in [0.15, 0.2) is 0 Å². The molecule has 0 aliphatic carbocycles. The number of thiophene rings is 1. The number of methoxy groups -OCH3 is 1. The number of amides is 1. The van der Waals surface area contributed by atoms with Gasteiger partial charge in [-0.3, -0.25) is 4.79 Å². The van der Waals surface area contributed by atoms with E-state index in [1.54, 1.807) is 18.4 Å². The fraction of sp³-hybridized carbons (Fsp3) is 0.200. The average Bonchev–Trinajstić information content (AvgIpc) is 3.25. The summed E-state index contributed by atoms with van der Waals surface area (Å²) < 4.78 is 6.54. The molecular formula is C15H15N5O2S. The van der Waals surface area contributed by atoms with Crippen LogP contribution < -0.4 is 10.1 Å². The standard InChI is InChI=1S/C15H15N5O2S/c1-22-13-4-2-11(3-5-13)12-6-14(23-9-12)7-16-15(21)8-20-10-17-18-19-20/h2-6,9-10H,7-8H2,1H3,(H,16,21). The van der Waals surface area contributed by atoms with Crippen molar-refractivity contribution in [1.29, 1.82) is 0 Å². The fourth-order valence-electron chi connectivity index (χ4n) is 2.05. The van der Waals surface area contributed by atoms with Crippen molar-refractivity contribution in [3.63, 3.8) is 0 Å². The van der Waals surface area contributed by atoms with Crippen LogP contribution >= 0.6 is 11.3 Å². The van der Waals surface area contributed by atoms with E-state index in [9.17, 15) is 4.79 Å². The second-order valence-electron chi connectivity index (χ2n) is 4.81. The Morgan fingerprint density at radius 3 is 2.83 bits per heavy atom. The third-order valence-electron chi connectivity index (χ3n) is 3.23. The predicted molar refractivity (Wildman–Crippen MR) is 86.0 cm³/mol. The van der Waals surface area contributed by atoms with Crippen LogP contribution in [0.3, 0.4) is 0 Å². The second-order valence-corrected chi connectivity index (χ2v) is 5.81. The van der Waals surface area contributed by atoms with Gasteiger partial charge in [0.25, 0.3) is 0 Å². The first-order chi connectivity index (χ1) is 11.2. The van der Waals surface area contributed by atoms with E-state index in [1.807, 2.05) is 24.3 Å². The molecule has 2 heterocycles. The Balaban J connectivity index is 1.57. The van der Waals surface area contributed by atoms with Gasteiger partial charge in [-0.05, 0) is 45.1 Å². The highest BCUT2D eigenvalue weighted by atomic mass is 32.1. The van der Waals surface area contributed by atoms with E-state index in [0.29, 0.717) is 6.54 Å². The Morgan fingerprint density at radius 1 is 1.30 bits per heavy atom. The maximum absolute atomic E-state index is 11.8. The van der Waals surface area contributed by atoms with E-state index in [1.165, 1.54) is 11.0 Å². The molecule has 2 aromatic heterocycles. The number of nitrogens with one attached hydrogen (secondary N) is 1.